The van der Waals surface area contributed by atoms with Crippen molar-refractivity contribution in [2.45, 2.75) is 20.1 Å². The third-order valence-electron chi connectivity index (χ3n) is 2.55. The number of aromatic nitrogens is 1. The highest BCUT2D eigenvalue weighted by Crippen LogP contribution is 2.16. The molecule has 1 heterocycles. The lowest BCUT2D eigenvalue weighted by Crippen LogP contribution is -2.04. The predicted molar refractivity (Wildman–Crippen MR) is 76.7 cm³/mol. The third kappa shape index (κ3) is 3.79. The number of nitrogens with zero attached hydrogens (tertiary/aromatic N) is 1. The molecule has 0 saturated carbocycles. The normalized spacial score (nSPS) is 10.3. The summed E-state index contributed by atoms with van der Waals surface area (Å²) >= 11 is 1.26. The van der Waals surface area contributed by atoms with E-state index in [1.807, 2.05) is 24.3 Å². The highest BCUT2D eigenvalue weighted by Gasteiger charge is 2.12. The topological polar surface area (TPSA) is 74.4 Å². The van der Waals surface area contributed by atoms with Crippen molar-refractivity contribution in [1.82, 2.24) is 4.98 Å². The van der Waals surface area contributed by atoms with Gasteiger partial charge >= 0.3 is 5.97 Å². The summed E-state index contributed by atoms with van der Waals surface area (Å²) in [5.41, 5.74) is 7.29. The second-order valence-electron chi connectivity index (χ2n) is 4.00. The Hall–Kier alpha value is -1.92. The van der Waals surface area contributed by atoms with E-state index >= 15 is 0 Å². The molecule has 0 aliphatic heterocycles. The molecule has 2 N–H and O–H groups in total. The van der Waals surface area contributed by atoms with Crippen LogP contribution in [0.25, 0.3) is 0 Å². The summed E-state index contributed by atoms with van der Waals surface area (Å²) in [4.78, 5) is 15.7. The van der Waals surface area contributed by atoms with Gasteiger partial charge in [-0.05, 0) is 24.6 Å². The van der Waals surface area contributed by atoms with E-state index in [0.29, 0.717) is 30.5 Å². The summed E-state index contributed by atoms with van der Waals surface area (Å²) in [6, 6.07) is 7.56. The average molecular weight is 292 g/mol. The first kappa shape index (κ1) is 14.5. The monoisotopic (exact) mass is 292 g/mol. The number of benzene rings is 1. The lowest BCUT2D eigenvalue weighted by atomic mass is 10.2. The maximum absolute atomic E-state index is 11.5. The van der Waals surface area contributed by atoms with Crippen molar-refractivity contribution in [3.05, 3.63) is 45.9 Å². The summed E-state index contributed by atoms with van der Waals surface area (Å²) in [5.74, 6) is 0.351. The lowest BCUT2D eigenvalue weighted by molar-refractivity contribution is 0.0525. The van der Waals surface area contributed by atoms with Gasteiger partial charge in [-0.15, -0.1) is 11.3 Å². The SMILES string of the molecule is CCOC(=O)c1nc(COc2ccc(CN)cc2)cs1. The van der Waals surface area contributed by atoms with Gasteiger partial charge in [0.25, 0.3) is 0 Å². The number of hydrogen-bond donors (Lipinski definition) is 1. The van der Waals surface area contributed by atoms with Crippen LogP contribution in [-0.4, -0.2) is 17.6 Å². The molecule has 0 aliphatic carbocycles. The zero-order valence-electron chi connectivity index (χ0n) is 11.2. The van der Waals surface area contributed by atoms with Crippen LogP contribution >= 0.6 is 11.3 Å². The van der Waals surface area contributed by atoms with Crippen LogP contribution in [-0.2, 0) is 17.9 Å². The van der Waals surface area contributed by atoms with Gasteiger partial charge in [0.05, 0.1) is 12.3 Å². The van der Waals surface area contributed by atoms with Crippen LogP contribution in [0.15, 0.2) is 29.6 Å². The molecular formula is C14H16N2O3S. The van der Waals surface area contributed by atoms with Crippen molar-refractivity contribution in [2.75, 3.05) is 6.61 Å². The molecular weight excluding hydrogens is 276 g/mol. The van der Waals surface area contributed by atoms with Crippen molar-refractivity contribution in [3.63, 3.8) is 0 Å². The maximum Gasteiger partial charge on any atom is 0.367 e. The van der Waals surface area contributed by atoms with Crippen molar-refractivity contribution in [2.24, 2.45) is 5.73 Å². The van der Waals surface area contributed by atoms with E-state index in [0.717, 1.165) is 11.3 Å². The Morgan fingerprint density at radius 1 is 1.35 bits per heavy atom. The second-order valence-corrected chi connectivity index (χ2v) is 4.86. The van der Waals surface area contributed by atoms with Gasteiger partial charge in [-0.1, -0.05) is 12.1 Å². The Kier molecular flexibility index (Phi) is 5.09. The molecule has 0 spiro atoms. The molecule has 0 radical (unpaired) electrons. The molecule has 2 rings (SSSR count). The largest absolute Gasteiger partial charge is 0.487 e. The second kappa shape index (κ2) is 7.02. The first-order valence-electron chi connectivity index (χ1n) is 6.26. The van der Waals surface area contributed by atoms with Crippen LogP contribution in [0.3, 0.4) is 0 Å². The number of carbonyl (C=O) groups is 1. The summed E-state index contributed by atoms with van der Waals surface area (Å²) in [6.45, 7) is 2.94. The fourth-order valence-electron chi connectivity index (χ4n) is 1.54. The minimum atomic E-state index is -0.393. The van der Waals surface area contributed by atoms with Crippen molar-refractivity contribution in [3.8, 4) is 5.75 Å². The number of hydrogen-bond acceptors (Lipinski definition) is 6. The van der Waals surface area contributed by atoms with Crippen LogP contribution in [0, 0.1) is 0 Å². The van der Waals surface area contributed by atoms with E-state index in [1.165, 1.54) is 11.3 Å². The minimum Gasteiger partial charge on any atom is -0.487 e. The van der Waals surface area contributed by atoms with Gasteiger partial charge in [-0.3, -0.25) is 0 Å². The average Bonchev–Trinajstić information content (AvgIpc) is 2.95. The quantitative estimate of drug-likeness (QED) is 0.827. The Balaban J connectivity index is 1.91. The van der Waals surface area contributed by atoms with E-state index in [4.69, 9.17) is 15.2 Å². The Labute approximate surface area is 121 Å². The highest BCUT2D eigenvalue weighted by atomic mass is 32.1. The molecule has 0 unspecified atom stereocenters. The molecule has 0 saturated heterocycles. The summed E-state index contributed by atoms with van der Waals surface area (Å²) in [6.07, 6.45) is 0. The summed E-state index contributed by atoms with van der Waals surface area (Å²) in [5, 5.41) is 2.14. The van der Waals surface area contributed by atoms with E-state index in [1.54, 1.807) is 12.3 Å². The Morgan fingerprint density at radius 2 is 2.10 bits per heavy atom. The van der Waals surface area contributed by atoms with E-state index in [2.05, 4.69) is 4.98 Å². The van der Waals surface area contributed by atoms with Gasteiger partial charge in [0.1, 0.15) is 12.4 Å². The molecule has 0 aliphatic rings. The molecule has 5 nitrogen and oxygen atoms in total. The van der Waals surface area contributed by atoms with Crippen LogP contribution in [0.1, 0.15) is 28.0 Å². The molecule has 2 aromatic rings. The number of esters is 1. The molecule has 0 fully saturated rings. The zero-order chi connectivity index (χ0) is 14.4. The standard InChI is InChI=1S/C14H16N2O3S/c1-2-18-14(17)13-16-11(9-20-13)8-19-12-5-3-10(7-15)4-6-12/h3-6,9H,2,7-8,15H2,1H3. The summed E-state index contributed by atoms with van der Waals surface area (Å²) < 4.78 is 10.5. The van der Waals surface area contributed by atoms with Crippen LogP contribution in [0.4, 0.5) is 0 Å². The minimum absolute atomic E-state index is 0.317. The van der Waals surface area contributed by atoms with E-state index in [9.17, 15) is 4.79 Å². The van der Waals surface area contributed by atoms with Crippen molar-refractivity contribution < 1.29 is 14.3 Å². The van der Waals surface area contributed by atoms with Crippen LogP contribution in [0.2, 0.25) is 0 Å². The van der Waals surface area contributed by atoms with Gasteiger partial charge < -0.3 is 15.2 Å². The maximum atomic E-state index is 11.5. The van der Waals surface area contributed by atoms with E-state index in [-0.39, 0.29) is 0 Å². The molecule has 1 aromatic carbocycles. The molecule has 0 amide bonds. The number of rotatable bonds is 6. The Bertz CT molecular complexity index is 566. The number of thiazole rings is 1. The smallest absolute Gasteiger partial charge is 0.367 e. The molecule has 0 atom stereocenters. The predicted octanol–water partition coefficient (Wildman–Crippen LogP) is 2.36. The first-order valence-corrected chi connectivity index (χ1v) is 7.14. The van der Waals surface area contributed by atoms with Crippen LogP contribution in [0.5, 0.6) is 5.75 Å². The lowest BCUT2D eigenvalue weighted by Gasteiger charge is -2.04. The van der Waals surface area contributed by atoms with Gasteiger partial charge in [0, 0.05) is 11.9 Å². The number of nitrogens with two attached hydrogens (primary N) is 1. The molecule has 6 heteroatoms. The number of carbonyl (C=O) groups excluding carboxylic acids is 1. The van der Waals surface area contributed by atoms with Gasteiger partial charge in [0.2, 0.25) is 5.01 Å². The van der Waals surface area contributed by atoms with Crippen LogP contribution < -0.4 is 10.5 Å². The first-order chi connectivity index (χ1) is 9.72. The zero-order valence-corrected chi connectivity index (χ0v) is 12.0. The fraction of sp³-hybridized carbons (Fsp3) is 0.286. The fourth-order valence-corrected chi connectivity index (χ4v) is 2.23. The van der Waals surface area contributed by atoms with E-state index < -0.39 is 5.97 Å². The van der Waals surface area contributed by atoms with Crippen molar-refractivity contribution >= 4 is 17.3 Å². The Morgan fingerprint density at radius 3 is 2.75 bits per heavy atom. The third-order valence-corrected chi connectivity index (χ3v) is 3.42. The molecule has 20 heavy (non-hydrogen) atoms. The number of ether oxygens (including phenoxy) is 2. The molecule has 106 valence electrons. The highest BCUT2D eigenvalue weighted by molar-refractivity contribution is 7.11. The van der Waals surface area contributed by atoms with Gasteiger partial charge in [-0.25, -0.2) is 9.78 Å². The van der Waals surface area contributed by atoms with Crippen molar-refractivity contribution in [1.29, 1.82) is 0 Å². The van der Waals surface area contributed by atoms with Gasteiger partial charge in [0.15, 0.2) is 0 Å². The molecule has 0 bridgehead atoms. The van der Waals surface area contributed by atoms with Gasteiger partial charge in [-0.2, -0.15) is 0 Å². The molecule has 1 aromatic heterocycles. The summed E-state index contributed by atoms with van der Waals surface area (Å²) in [7, 11) is 0.